The van der Waals surface area contributed by atoms with Crippen molar-refractivity contribution in [3.63, 3.8) is 0 Å². The average molecular weight is 477 g/mol. The molecule has 0 bridgehead atoms. The first-order valence-corrected chi connectivity index (χ1v) is 12.0. The molecule has 0 aromatic carbocycles. The van der Waals surface area contributed by atoms with Gasteiger partial charge in [-0.25, -0.2) is 9.97 Å². The van der Waals surface area contributed by atoms with Crippen LogP contribution in [0.3, 0.4) is 0 Å². The molecular weight excluding hydrogens is 452 g/mol. The van der Waals surface area contributed by atoms with Crippen molar-refractivity contribution < 1.29 is 14.0 Å². The lowest BCUT2D eigenvalue weighted by molar-refractivity contribution is -0.115. The largest absolute Gasteiger partial charge is 0.472 e. The molecular formula is C24H24N6O3S. The van der Waals surface area contributed by atoms with Crippen LogP contribution in [0.25, 0.3) is 17.3 Å². The quantitative estimate of drug-likeness (QED) is 0.495. The van der Waals surface area contributed by atoms with E-state index >= 15 is 0 Å². The zero-order valence-electron chi connectivity index (χ0n) is 18.4. The summed E-state index contributed by atoms with van der Waals surface area (Å²) in [6.07, 6.45) is 10.7. The molecule has 5 rings (SSSR count). The van der Waals surface area contributed by atoms with Crippen LogP contribution in [0.15, 0.2) is 58.5 Å². The van der Waals surface area contributed by atoms with Crippen LogP contribution in [0.4, 0.5) is 10.7 Å². The number of furan rings is 1. The van der Waals surface area contributed by atoms with Crippen LogP contribution in [-0.4, -0.2) is 45.7 Å². The number of hydrogen-bond donors (Lipinski definition) is 2. The van der Waals surface area contributed by atoms with Crippen LogP contribution in [0, 0.1) is 5.92 Å². The van der Waals surface area contributed by atoms with Gasteiger partial charge in [0.25, 0.3) is 11.1 Å². The Morgan fingerprint density at radius 3 is 2.76 bits per heavy atom. The van der Waals surface area contributed by atoms with E-state index in [1.54, 1.807) is 30.9 Å². The number of amides is 2. The Morgan fingerprint density at radius 1 is 1.18 bits per heavy atom. The number of pyridine rings is 1. The van der Waals surface area contributed by atoms with Gasteiger partial charge in [-0.15, -0.1) is 0 Å². The number of thioether (sulfide) groups is 1. The van der Waals surface area contributed by atoms with Crippen molar-refractivity contribution >= 4 is 34.9 Å². The highest BCUT2D eigenvalue weighted by atomic mass is 32.2. The molecule has 2 N–H and O–H groups in total. The molecule has 0 saturated carbocycles. The summed E-state index contributed by atoms with van der Waals surface area (Å²) in [4.78, 5) is 39.1. The van der Waals surface area contributed by atoms with E-state index in [-0.39, 0.29) is 11.1 Å². The molecule has 10 heteroatoms. The number of nitrogens with zero attached hydrogens (tertiary/aromatic N) is 4. The maximum atomic E-state index is 11.8. The molecule has 0 spiro atoms. The minimum absolute atomic E-state index is 0.353. The van der Waals surface area contributed by atoms with Gasteiger partial charge in [0.05, 0.1) is 28.8 Å². The van der Waals surface area contributed by atoms with Crippen LogP contribution < -0.4 is 15.5 Å². The fraction of sp³-hybridized carbons (Fsp3) is 0.292. The zero-order chi connectivity index (χ0) is 23.3. The third-order valence-electron chi connectivity index (χ3n) is 5.89. The first-order valence-electron chi connectivity index (χ1n) is 11.1. The van der Waals surface area contributed by atoms with Gasteiger partial charge in [0.2, 0.25) is 5.95 Å². The Hall–Kier alpha value is -3.50. The van der Waals surface area contributed by atoms with E-state index in [1.807, 2.05) is 18.3 Å². The molecule has 3 aromatic rings. The van der Waals surface area contributed by atoms with Crippen molar-refractivity contribution in [1.82, 2.24) is 25.6 Å². The van der Waals surface area contributed by atoms with Crippen LogP contribution in [0.2, 0.25) is 0 Å². The second kappa shape index (κ2) is 10.2. The number of anilines is 1. The minimum atomic E-state index is -0.381. The third-order valence-corrected chi connectivity index (χ3v) is 6.70. The summed E-state index contributed by atoms with van der Waals surface area (Å²) in [5.74, 6) is 0.858. The van der Waals surface area contributed by atoms with E-state index in [2.05, 4.69) is 36.6 Å². The van der Waals surface area contributed by atoms with E-state index in [4.69, 9.17) is 4.42 Å². The highest BCUT2D eigenvalue weighted by Crippen LogP contribution is 2.26. The second-order valence-corrected chi connectivity index (χ2v) is 9.27. The lowest BCUT2D eigenvalue weighted by atomic mass is 9.97. The van der Waals surface area contributed by atoms with Crippen molar-refractivity contribution in [2.75, 3.05) is 24.5 Å². The van der Waals surface area contributed by atoms with Crippen LogP contribution in [-0.2, 0) is 11.3 Å². The van der Waals surface area contributed by atoms with Gasteiger partial charge in [0.1, 0.15) is 0 Å². The zero-order valence-corrected chi connectivity index (χ0v) is 19.3. The third kappa shape index (κ3) is 5.35. The molecule has 0 unspecified atom stereocenters. The smallest absolute Gasteiger partial charge is 0.290 e. The van der Waals surface area contributed by atoms with Gasteiger partial charge in [-0.3, -0.25) is 19.9 Å². The molecule has 34 heavy (non-hydrogen) atoms. The van der Waals surface area contributed by atoms with Crippen LogP contribution >= 0.6 is 11.8 Å². The predicted octanol–water partition coefficient (Wildman–Crippen LogP) is 3.46. The molecule has 2 aliphatic rings. The molecule has 2 aliphatic heterocycles. The summed E-state index contributed by atoms with van der Waals surface area (Å²) >= 11 is 0.889. The van der Waals surface area contributed by atoms with E-state index < -0.39 is 0 Å². The lowest BCUT2D eigenvalue weighted by Gasteiger charge is -2.32. The molecule has 0 radical (unpaired) electrons. The first-order chi connectivity index (χ1) is 16.6. The normalized spacial score (nSPS) is 18.0. The number of aromatic nitrogens is 3. The Morgan fingerprint density at radius 2 is 2.06 bits per heavy atom. The van der Waals surface area contributed by atoms with Gasteiger partial charge >= 0.3 is 0 Å². The van der Waals surface area contributed by atoms with Crippen molar-refractivity contribution in [2.45, 2.75) is 19.4 Å². The first kappa shape index (κ1) is 22.3. The van der Waals surface area contributed by atoms with Gasteiger partial charge in [0.15, 0.2) is 0 Å². The molecule has 2 amide bonds. The molecule has 2 saturated heterocycles. The number of nitrogens with one attached hydrogen (secondary N) is 2. The minimum Gasteiger partial charge on any atom is -0.472 e. The number of hydrogen-bond acceptors (Lipinski definition) is 9. The van der Waals surface area contributed by atoms with Gasteiger partial charge in [-0.05, 0) is 66.9 Å². The lowest BCUT2D eigenvalue weighted by Crippen LogP contribution is -2.38. The SMILES string of the molecule is O=C1NC(=O)/C(=C\c2ccnc(N3CCC(CNCc4ccc(-c5ccoc5)nc4)CC3)n2)S1. The van der Waals surface area contributed by atoms with E-state index in [9.17, 15) is 9.59 Å². The fourth-order valence-corrected chi connectivity index (χ4v) is 4.68. The summed E-state index contributed by atoms with van der Waals surface area (Å²) in [5.41, 5.74) is 3.66. The monoisotopic (exact) mass is 476 g/mol. The number of piperidine rings is 1. The maximum Gasteiger partial charge on any atom is 0.290 e. The van der Waals surface area contributed by atoms with E-state index in [0.29, 0.717) is 22.5 Å². The van der Waals surface area contributed by atoms with Crippen molar-refractivity contribution in [1.29, 1.82) is 0 Å². The summed E-state index contributed by atoms with van der Waals surface area (Å²) < 4.78 is 5.11. The van der Waals surface area contributed by atoms with Gasteiger partial charge < -0.3 is 14.6 Å². The molecule has 0 aliphatic carbocycles. The van der Waals surface area contributed by atoms with Crippen molar-refractivity contribution in [3.05, 3.63) is 65.3 Å². The van der Waals surface area contributed by atoms with Crippen molar-refractivity contribution in [3.8, 4) is 11.3 Å². The van der Waals surface area contributed by atoms with E-state index in [1.165, 1.54) is 0 Å². The Labute approximate surface area is 201 Å². The molecule has 174 valence electrons. The van der Waals surface area contributed by atoms with Crippen LogP contribution in [0.1, 0.15) is 24.1 Å². The Kier molecular flexibility index (Phi) is 6.68. The van der Waals surface area contributed by atoms with Gasteiger partial charge in [0, 0.05) is 37.6 Å². The number of rotatable bonds is 7. The standard InChI is InChI=1S/C24H24N6O3S/c31-22-21(34-24(32)29-22)11-19-3-7-26-23(28-19)30-8-4-16(5-9-30)12-25-13-17-1-2-20(27-14-17)18-6-10-33-15-18/h1-3,6-7,10-11,14-16,25H,4-5,8-9,12-13H2,(H,29,31,32)/b21-11+. The highest BCUT2D eigenvalue weighted by Gasteiger charge is 2.25. The number of carbonyl (C=O) groups excluding carboxylic acids is 2. The molecule has 0 atom stereocenters. The maximum absolute atomic E-state index is 11.8. The van der Waals surface area contributed by atoms with E-state index in [0.717, 1.165) is 67.6 Å². The molecule has 2 fully saturated rings. The number of carbonyl (C=O) groups is 2. The second-order valence-electron chi connectivity index (χ2n) is 8.26. The average Bonchev–Trinajstić information content (AvgIpc) is 3.50. The Bertz CT molecular complexity index is 1190. The molecule has 5 heterocycles. The summed E-state index contributed by atoms with van der Waals surface area (Å²) in [6, 6.07) is 7.75. The topological polar surface area (TPSA) is 113 Å². The summed E-state index contributed by atoms with van der Waals surface area (Å²) in [7, 11) is 0. The molecule has 3 aromatic heterocycles. The predicted molar refractivity (Wildman–Crippen MR) is 130 cm³/mol. The summed E-state index contributed by atoms with van der Waals surface area (Å²) in [5, 5.41) is 5.45. The number of imide groups is 1. The van der Waals surface area contributed by atoms with Gasteiger partial charge in [-0.2, -0.15) is 0 Å². The fourth-order valence-electron chi connectivity index (χ4n) is 4.02. The van der Waals surface area contributed by atoms with Gasteiger partial charge in [-0.1, -0.05) is 6.07 Å². The molecule has 9 nitrogen and oxygen atoms in total. The Balaban J connectivity index is 1.09. The van der Waals surface area contributed by atoms with Crippen LogP contribution in [0.5, 0.6) is 0 Å². The highest BCUT2D eigenvalue weighted by molar-refractivity contribution is 8.18. The summed E-state index contributed by atoms with van der Waals surface area (Å²) in [6.45, 7) is 3.49. The van der Waals surface area contributed by atoms with Crippen molar-refractivity contribution in [2.24, 2.45) is 5.92 Å².